The standard InChI is InChI=1S/C4H11N.C3H8O.2C2H6/c1-3-5-4-2;1-3(2)4;2*1-2/h5H,3-4H2,1-2H3;3-4H,1-2H3;2*1-2H3. The molecule has 0 atom stereocenters. The van der Waals surface area contributed by atoms with E-state index < -0.39 is 0 Å². The van der Waals surface area contributed by atoms with Gasteiger partial charge in [0, 0.05) is 6.10 Å². The molecule has 13 heavy (non-hydrogen) atoms. The van der Waals surface area contributed by atoms with Gasteiger partial charge < -0.3 is 10.4 Å². The highest BCUT2D eigenvalue weighted by molar-refractivity contribution is 4.27. The predicted molar refractivity (Wildman–Crippen MR) is 64.3 cm³/mol. The molecule has 0 rings (SSSR count). The molecule has 0 saturated heterocycles. The van der Waals surface area contributed by atoms with E-state index in [1.165, 1.54) is 0 Å². The maximum Gasteiger partial charge on any atom is 0.0483 e. The third-order valence-corrected chi connectivity index (χ3v) is 0.500. The molecule has 2 nitrogen and oxygen atoms in total. The molecule has 2 heteroatoms. The number of aliphatic hydroxyl groups is 1. The summed E-state index contributed by atoms with van der Waals surface area (Å²) in [6.45, 7) is 17.8. The van der Waals surface area contributed by atoms with E-state index in [1.807, 2.05) is 27.7 Å². The number of hydrogen-bond acceptors (Lipinski definition) is 2. The fourth-order valence-electron chi connectivity index (χ4n) is 0.250. The highest BCUT2D eigenvalue weighted by atomic mass is 16.3. The monoisotopic (exact) mass is 193 g/mol. The lowest BCUT2D eigenvalue weighted by atomic mass is 10.5. The molecular weight excluding hydrogens is 162 g/mol. The average molecular weight is 193 g/mol. The van der Waals surface area contributed by atoms with Gasteiger partial charge in [-0.05, 0) is 26.9 Å². The summed E-state index contributed by atoms with van der Waals surface area (Å²) in [5.41, 5.74) is 0. The number of nitrogens with one attached hydrogen (secondary N) is 1. The van der Waals surface area contributed by atoms with Gasteiger partial charge >= 0.3 is 0 Å². The van der Waals surface area contributed by atoms with Crippen LogP contribution in [0.15, 0.2) is 0 Å². The summed E-state index contributed by atoms with van der Waals surface area (Å²) < 4.78 is 0. The van der Waals surface area contributed by atoms with Crippen molar-refractivity contribution in [1.29, 1.82) is 0 Å². The van der Waals surface area contributed by atoms with E-state index in [0.717, 1.165) is 13.1 Å². The summed E-state index contributed by atoms with van der Waals surface area (Å²) in [7, 11) is 0. The number of aliphatic hydroxyl groups excluding tert-OH is 1. The zero-order valence-electron chi connectivity index (χ0n) is 10.9. The lowest BCUT2D eigenvalue weighted by Gasteiger charge is -1.86. The Balaban J connectivity index is -0.0000000457. The van der Waals surface area contributed by atoms with Crippen molar-refractivity contribution in [3.05, 3.63) is 0 Å². The first-order valence-electron chi connectivity index (χ1n) is 5.53. The fourth-order valence-corrected chi connectivity index (χ4v) is 0.250. The van der Waals surface area contributed by atoms with Crippen LogP contribution >= 0.6 is 0 Å². The minimum Gasteiger partial charge on any atom is -0.394 e. The Kier molecular flexibility index (Phi) is 72.0. The zero-order chi connectivity index (χ0) is 11.7. The third kappa shape index (κ3) is 318. The van der Waals surface area contributed by atoms with Crippen molar-refractivity contribution >= 4 is 0 Å². The lowest BCUT2D eigenvalue weighted by Crippen LogP contribution is -2.09. The predicted octanol–water partition coefficient (Wildman–Crippen LogP) is 3.06. The summed E-state index contributed by atoms with van der Waals surface area (Å²) in [4.78, 5) is 0. The van der Waals surface area contributed by atoms with E-state index >= 15 is 0 Å². The van der Waals surface area contributed by atoms with Gasteiger partial charge in [0.1, 0.15) is 0 Å². The second-order valence-corrected chi connectivity index (χ2v) is 2.05. The van der Waals surface area contributed by atoms with E-state index in [1.54, 1.807) is 13.8 Å². The topological polar surface area (TPSA) is 32.3 Å². The highest BCUT2D eigenvalue weighted by Crippen LogP contribution is 1.65. The molecule has 0 heterocycles. The Hall–Kier alpha value is -0.0800. The van der Waals surface area contributed by atoms with Gasteiger partial charge in [-0.15, -0.1) is 0 Å². The molecular formula is C11H31NO. The molecule has 0 saturated carbocycles. The first kappa shape index (κ1) is 23.1. The van der Waals surface area contributed by atoms with Crippen LogP contribution in [0.3, 0.4) is 0 Å². The van der Waals surface area contributed by atoms with Crippen molar-refractivity contribution < 1.29 is 5.11 Å². The van der Waals surface area contributed by atoms with Crippen LogP contribution in [0.25, 0.3) is 0 Å². The van der Waals surface area contributed by atoms with Crippen LogP contribution in [0.5, 0.6) is 0 Å². The van der Waals surface area contributed by atoms with Crippen LogP contribution in [0.4, 0.5) is 0 Å². The van der Waals surface area contributed by atoms with Gasteiger partial charge in [-0.1, -0.05) is 41.5 Å². The minimum atomic E-state index is -0.167. The van der Waals surface area contributed by atoms with Crippen LogP contribution in [-0.4, -0.2) is 24.3 Å². The van der Waals surface area contributed by atoms with Crippen LogP contribution < -0.4 is 5.32 Å². The maximum atomic E-state index is 8.06. The third-order valence-electron chi connectivity index (χ3n) is 0.500. The fraction of sp³-hybridized carbons (Fsp3) is 1.00. The van der Waals surface area contributed by atoms with Gasteiger partial charge in [0.25, 0.3) is 0 Å². The molecule has 0 unspecified atom stereocenters. The lowest BCUT2D eigenvalue weighted by molar-refractivity contribution is 0.216. The quantitative estimate of drug-likeness (QED) is 0.706. The second kappa shape index (κ2) is 40.6. The summed E-state index contributed by atoms with van der Waals surface area (Å²) in [6, 6.07) is 0. The number of hydrogen-bond donors (Lipinski definition) is 2. The summed E-state index contributed by atoms with van der Waals surface area (Å²) in [6.07, 6.45) is -0.167. The summed E-state index contributed by atoms with van der Waals surface area (Å²) in [5, 5.41) is 11.2. The molecule has 86 valence electrons. The average Bonchev–Trinajstić information content (AvgIpc) is 2.12. The molecule has 0 aromatic carbocycles. The van der Waals surface area contributed by atoms with Gasteiger partial charge in [-0.3, -0.25) is 0 Å². The minimum absolute atomic E-state index is 0.167. The smallest absolute Gasteiger partial charge is 0.0483 e. The molecule has 0 spiro atoms. The van der Waals surface area contributed by atoms with E-state index in [0.29, 0.717) is 0 Å². The maximum absolute atomic E-state index is 8.06. The Bertz CT molecular complexity index is 34.3. The Morgan fingerprint density at radius 2 is 1.08 bits per heavy atom. The molecule has 0 amide bonds. The van der Waals surface area contributed by atoms with Gasteiger partial charge in [-0.2, -0.15) is 0 Å². The van der Waals surface area contributed by atoms with Crippen molar-refractivity contribution in [3.63, 3.8) is 0 Å². The Morgan fingerprint density at radius 3 is 1.08 bits per heavy atom. The van der Waals surface area contributed by atoms with E-state index in [9.17, 15) is 0 Å². The van der Waals surface area contributed by atoms with E-state index in [-0.39, 0.29) is 6.10 Å². The van der Waals surface area contributed by atoms with Gasteiger partial charge in [-0.25, -0.2) is 0 Å². The summed E-state index contributed by atoms with van der Waals surface area (Å²) >= 11 is 0. The van der Waals surface area contributed by atoms with Gasteiger partial charge in [0.05, 0.1) is 0 Å². The first-order chi connectivity index (χ1) is 6.15. The molecule has 0 bridgehead atoms. The van der Waals surface area contributed by atoms with E-state index in [4.69, 9.17) is 5.11 Å². The van der Waals surface area contributed by atoms with Crippen molar-refractivity contribution in [1.82, 2.24) is 5.32 Å². The first-order valence-corrected chi connectivity index (χ1v) is 5.53. The Morgan fingerprint density at radius 1 is 0.923 bits per heavy atom. The molecule has 0 fully saturated rings. The molecule has 0 radical (unpaired) electrons. The highest BCUT2D eigenvalue weighted by Gasteiger charge is 1.69. The largest absolute Gasteiger partial charge is 0.394 e. The van der Waals surface area contributed by atoms with Crippen LogP contribution in [-0.2, 0) is 0 Å². The van der Waals surface area contributed by atoms with Crippen molar-refractivity contribution in [2.24, 2.45) is 0 Å². The SMILES string of the molecule is CC.CC.CC(C)O.CCNCC. The van der Waals surface area contributed by atoms with Crippen LogP contribution in [0.1, 0.15) is 55.4 Å². The molecule has 0 aliphatic heterocycles. The Labute approximate surface area is 85.8 Å². The molecule has 0 aliphatic rings. The van der Waals surface area contributed by atoms with E-state index in [2.05, 4.69) is 19.2 Å². The van der Waals surface area contributed by atoms with Gasteiger partial charge in [0.2, 0.25) is 0 Å². The van der Waals surface area contributed by atoms with Gasteiger partial charge in [0.15, 0.2) is 0 Å². The zero-order valence-corrected chi connectivity index (χ0v) is 10.9. The second-order valence-electron chi connectivity index (χ2n) is 2.05. The molecule has 0 aliphatic carbocycles. The molecule has 0 aromatic heterocycles. The summed E-state index contributed by atoms with van der Waals surface area (Å²) in [5.74, 6) is 0. The van der Waals surface area contributed by atoms with Crippen LogP contribution in [0.2, 0.25) is 0 Å². The normalized spacial score (nSPS) is 6.92. The molecule has 2 N–H and O–H groups in total. The molecule has 0 aromatic rings. The number of rotatable bonds is 2. The van der Waals surface area contributed by atoms with Crippen LogP contribution in [0, 0.1) is 0 Å². The van der Waals surface area contributed by atoms with Crippen molar-refractivity contribution in [2.45, 2.75) is 61.5 Å². The van der Waals surface area contributed by atoms with Crippen molar-refractivity contribution in [3.8, 4) is 0 Å². The van der Waals surface area contributed by atoms with Crippen molar-refractivity contribution in [2.75, 3.05) is 13.1 Å².